The number of pyridine rings is 1. The summed E-state index contributed by atoms with van der Waals surface area (Å²) in [6.45, 7) is 1.27. The first kappa shape index (κ1) is 22.3. The van der Waals surface area contributed by atoms with E-state index in [-0.39, 0.29) is 37.4 Å². The Hall–Kier alpha value is -4.14. The number of amidine groups is 1. The van der Waals surface area contributed by atoms with Crippen LogP contribution in [-0.2, 0) is 21.6 Å². The van der Waals surface area contributed by atoms with E-state index >= 15 is 0 Å². The largest absolute Gasteiger partial charge is 0.490 e. The molecule has 0 bridgehead atoms. The molecule has 8 nitrogen and oxygen atoms in total. The fourth-order valence-electron chi connectivity index (χ4n) is 5.38. The summed E-state index contributed by atoms with van der Waals surface area (Å²) in [5.74, 6) is -0.124. The Morgan fingerprint density at radius 3 is 2.83 bits per heavy atom. The van der Waals surface area contributed by atoms with Gasteiger partial charge in [0.25, 0.3) is 6.02 Å². The van der Waals surface area contributed by atoms with Crippen LogP contribution in [0.15, 0.2) is 71.9 Å². The molecule has 1 fully saturated rings. The van der Waals surface area contributed by atoms with Crippen molar-refractivity contribution in [3.05, 3.63) is 83.9 Å². The molecule has 1 aromatic heterocycles. The number of aliphatic imine (C=N–C) groups is 1. The van der Waals surface area contributed by atoms with Crippen molar-refractivity contribution < 1.29 is 23.4 Å². The quantitative estimate of drug-likeness (QED) is 0.563. The molecule has 3 aliphatic rings. The monoisotopic (exact) mass is 488 g/mol. The van der Waals surface area contributed by atoms with E-state index < -0.39 is 11.5 Å². The highest BCUT2D eigenvalue weighted by Crippen LogP contribution is 2.51. The minimum atomic E-state index is -0.866. The van der Waals surface area contributed by atoms with Crippen LogP contribution < -0.4 is 10.5 Å². The van der Waals surface area contributed by atoms with E-state index in [2.05, 4.69) is 4.98 Å². The van der Waals surface area contributed by atoms with Gasteiger partial charge in [0, 0.05) is 42.8 Å². The lowest BCUT2D eigenvalue weighted by Gasteiger charge is -2.48. The number of piperidine rings is 1. The number of carbonyl (C=O) groups excluding carboxylic acids is 1. The van der Waals surface area contributed by atoms with Crippen LogP contribution in [0.4, 0.5) is 9.18 Å². The molecule has 6 rings (SSSR count). The summed E-state index contributed by atoms with van der Waals surface area (Å²) in [6, 6.07) is 18.5. The zero-order valence-corrected chi connectivity index (χ0v) is 19.5. The fraction of sp³-hybridized carbons (Fsp3) is 0.296. The lowest BCUT2D eigenvalue weighted by molar-refractivity contribution is -0.0234. The van der Waals surface area contributed by atoms with Gasteiger partial charge in [-0.05, 0) is 35.4 Å². The highest BCUT2D eigenvalue weighted by Gasteiger charge is 2.56. The number of hydrogen-bond donors (Lipinski definition) is 1. The van der Waals surface area contributed by atoms with Crippen LogP contribution in [0.5, 0.6) is 5.75 Å². The number of rotatable bonds is 3. The highest BCUT2D eigenvalue weighted by atomic mass is 19.1. The van der Waals surface area contributed by atoms with E-state index in [1.807, 2.05) is 48.5 Å². The summed E-state index contributed by atoms with van der Waals surface area (Å²) >= 11 is 0. The molecule has 3 aromatic rings. The van der Waals surface area contributed by atoms with Gasteiger partial charge in [-0.1, -0.05) is 36.4 Å². The minimum absolute atomic E-state index is 0.0864. The van der Waals surface area contributed by atoms with Crippen molar-refractivity contribution in [1.82, 2.24) is 9.88 Å². The van der Waals surface area contributed by atoms with Gasteiger partial charge in [-0.3, -0.25) is 0 Å². The lowest BCUT2D eigenvalue weighted by Crippen LogP contribution is -2.58. The first-order chi connectivity index (χ1) is 17.5. The van der Waals surface area contributed by atoms with Crippen molar-refractivity contribution in [3.63, 3.8) is 0 Å². The second-order valence-electron chi connectivity index (χ2n) is 9.25. The van der Waals surface area contributed by atoms with Crippen molar-refractivity contribution in [2.75, 3.05) is 19.7 Å². The molecule has 0 saturated carbocycles. The third-order valence-corrected chi connectivity index (χ3v) is 7.17. The second kappa shape index (κ2) is 8.82. The molecule has 184 valence electrons. The molecule has 4 heterocycles. The van der Waals surface area contributed by atoms with E-state index in [1.165, 1.54) is 6.20 Å². The lowest BCUT2D eigenvalue weighted by atomic mass is 9.71. The number of hydrogen-bond acceptors (Lipinski definition) is 7. The summed E-state index contributed by atoms with van der Waals surface area (Å²) in [6.07, 6.45) is 1.45. The number of aromatic nitrogens is 1. The smallest absolute Gasteiger partial charge is 0.410 e. The van der Waals surface area contributed by atoms with Crippen molar-refractivity contribution in [3.8, 4) is 16.9 Å². The van der Waals surface area contributed by atoms with E-state index in [9.17, 15) is 9.18 Å². The van der Waals surface area contributed by atoms with E-state index in [0.717, 1.165) is 11.1 Å². The van der Waals surface area contributed by atoms with E-state index in [1.54, 1.807) is 17.0 Å². The summed E-state index contributed by atoms with van der Waals surface area (Å²) in [5, 5.41) is 0. The molecule has 1 amide bonds. The number of likely N-dealkylation sites (tertiary alicyclic amines) is 1. The van der Waals surface area contributed by atoms with Gasteiger partial charge in [-0.15, -0.1) is 0 Å². The van der Waals surface area contributed by atoms with Crippen LogP contribution in [0.1, 0.15) is 17.5 Å². The number of benzene rings is 2. The van der Waals surface area contributed by atoms with Gasteiger partial charge in [0.2, 0.25) is 5.95 Å². The topological polar surface area (TPSA) is 99.3 Å². The predicted molar refractivity (Wildman–Crippen MR) is 130 cm³/mol. The third kappa shape index (κ3) is 3.80. The average Bonchev–Trinajstić information content (AvgIpc) is 3.30. The number of carbonyl (C=O) groups is 1. The summed E-state index contributed by atoms with van der Waals surface area (Å²) in [4.78, 5) is 23.2. The number of halogens is 1. The number of nitrogens with two attached hydrogens (primary N) is 1. The van der Waals surface area contributed by atoms with Crippen molar-refractivity contribution in [2.45, 2.75) is 24.7 Å². The SMILES string of the molecule is NC1=NC2(CO1)c1cc(-c3cccnc3F)ccc1OC1CCN(C(=O)OCc3ccccc3)CC12. The predicted octanol–water partition coefficient (Wildman–Crippen LogP) is 3.85. The van der Waals surface area contributed by atoms with Crippen molar-refractivity contribution >= 4 is 12.1 Å². The van der Waals surface area contributed by atoms with Gasteiger partial charge in [-0.25, -0.2) is 14.8 Å². The molecule has 1 saturated heterocycles. The summed E-state index contributed by atoms with van der Waals surface area (Å²) in [7, 11) is 0. The fourth-order valence-corrected chi connectivity index (χ4v) is 5.38. The average molecular weight is 489 g/mol. The Labute approximate surface area is 207 Å². The molecular formula is C27H25FN4O4. The van der Waals surface area contributed by atoms with Crippen LogP contribution in [0, 0.1) is 11.9 Å². The number of fused-ring (bicyclic) bond motifs is 4. The van der Waals surface area contributed by atoms with Crippen LogP contribution in [0.25, 0.3) is 11.1 Å². The van der Waals surface area contributed by atoms with Gasteiger partial charge in [0.15, 0.2) is 0 Å². The normalized spacial score (nSPS) is 24.2. The number of nitrogens with zero attached hydrogens (tertiary/aromatic N) is 3. The van der Waals surface area contributed by atoms with Crippen LogP contribution in [-0.4, -0.2) is 47.8 Å². The zero-order valence-electron chi connectivity index (χ0n) is 19.5. The number of ether oxygens (including phenoxy) is 3. The maximum Gasteiger partial charge on any atom is 0.410 e. The first-order valence-electron chi connectivity index (χ1n) is 11.9. The minimum Gasteiger partial charge on any atom is -0.490 e. The van der Waals surface area contributed by atoms with Gasteiger partial charge >= 0.3 is 6.09 Å². The molecule has 1 spiro atoms. The van der Waals surface area contributed by atoms with Crippen LogP contribution >= 0.6 is 0 Å². The maximum atomic E-state index is 14.5. The Morgan fingerprint density at radius 1 is 1.19 bits per heavy atom. The van der Waals surface area contributed by atoms with Gasteiger partial charge in [-0.2, -0.15) is 4.39 Å². The molecule has 3 aliphatic heterocycles. The summed E-state index contributed by atoms with van der Waals surface area (Å²) in [5.41, 5.74) is 7.85. The van der Waals surface area contributed by atoms with E-state index in [0.29, 0.717) is 36.4 Å². The Kier molecular flexibility index (Phi) is 5.47. The maximum absolute atomic E-state index is 14.5. The van der Waals surface area contributed by atoms with Crippen LogP contribution in [0.2, 0.25) is 0 Å². The molecule has 9 heteroatoms. The van der Waals surface area contributed by atoms with Crippen molar-refractivity contribution in [2.24, 2.45) is 16.6 Å². The molecule has 0 radical (unpaired) electrons. The Bertz CT molecular complexity index is 1330. The van der Waals surface area contributed by atoms with Gasteiger partial charge in [0.1, 0.15) is 30.6 Å². The third-order valence-electron chi connectivity index (χ3n) is 7.17. The standard InChI is InChI=1S/C27H25FN4O4/c28-24-19(7-4-11-30-24)18-8-9-22-20(13-18)27(16-35-25(29)31-27)21-14-32(12-10-23(21)36-22)26(33)34-15-17-5-2-1-3-6-17/h1-9,11,13,21,23H,10,12,14-16H2,(H2,29,31). The second-order valence-corrected chi connectivity index (χ2v) is 9.25. The molecule has 2 aromatic carbocycles. The first-order valence-corrected chi connectivity index (χ1v) is 11.9. The molecule has 36 heavy (non-hydrogen) atoms. The molecule has 3 atom stereocenters. The molecule has 2 N–H and O–H groups in total. The molecular weight excluding hydrogens is 463 g/mol. The van der Waals surface area contributed by atoms with Gasteiger partial charge in [0.05, 0.1) is 0 Å². The summed E-state index contributed by atoms with van der Waals surface area (Å²) < 4.78 is 32.1. The van der Waals surface area contributed by atoms with Gasteiger partial charge < -0.3 is 24.8 Å². The highest BCUT2D eigenvalue weighted by molar-refractivity contribution is 5.76. The Morgan fingerprint density at radius 2 is 2.06 bits per heavy atom. The molecule has 0 aliphatic carbocycles. The Balaban J connectivity index is 1.31. The molecule has 3 unspecified atom stereocenters. The number of amides is 1. The van der Waals surface area contributed by atoms with E-state index in [4.69, 9.17) is 24.9 Å². The zero-order chi connectivity index (χ0) is 24.7. The van der Waals surface area contributed by atoms with Crippen molar-refractivity contribution in [1.29, 1.82) is 0 Å². The van der Waals surface area contributed by atoms with Crippen LogP contribution in [0.3, 0.4) is 0 Å².